The van der Waals surface area contributed by atoms with E-state index in [1.165, 1.54) is 24.7 Å². The molecule has 1 heterocycles. The van der Waals surface area contributed by atoms with Crippen LogP contribution in [0.15, 0.2) is 35.6 Å². The fraction of sp³-hybridized carbons (Fsp3) is 0.0909. The third-order valence-corrected chi connectivity index (χ3v) is 3.83. The third-order valence-electron chi connectivity index (χ3n) is 2.38. The Morgan fingerprint density at radius 1 is 1.47 bits per heavy atom. The molecule has 98 valence electrons. The second-order valence-corrected chi connectivity index (χ2v) is 5.36. The van der Waals surface area contributed by atoms with Gasteiger partial charge < -0.3 is 4.98 Å². The predicted molar refractivity (Wildman–Crippen MR) is 63.7 cm³/mol. The van der Waals surface area contributed by atoms with Crippen molar-refractivity contribution in [2.24, 2.45) is 0 Å². The van der Waals surface area contributed by atoms with Crippen LogP contribution < -0.4 is 4.72 Å². The summed E-state index contributed by atoms with van der Waals surface area (Å²) in [5.74, 6) is -0.869. The number of H-pyrrole nitrogens is 1. The number of aromatic nitrogens is 2. The molecule has 2 aromatic rings. The molecular formula is C11H9FN4O2S. The first-order chi connectivity index (χ1) is 9.04. The van der Waals surface area contributed by atoms with Crippen LogP contribution >= 0.6 is 0 Å². The van der Waals surface area contributed by atoms with E-state index in [-0.39, 0.29) is 11.4 Å². The Balaban J connectivity index is 2.30. The largest absolute Gasteiger partial charge is 0.347 e. The number of benzene rings is 1. The van der Waals surface area contributed by atoms with Gasteiger partial charge in [0.2, 0.25) is 10.0 Å². The van der Waals surface area contributed by atoms with Crippen LogP contribution in [-0.4, -0.2) is 18.4 Å². The van der Waals surface area contributed by atoms with E-state index in [2.05, 4.69) is 14.7 Å². The molecule has 0 fully saturated rings. The average Bonchev–Trinajstić information content (AvgIpc) is 2.89. The van der Waals surface area contributed by atoms with E-state index in [1.54, 1.807) is 6.07 Å². The zero-order chi connectivity index (χ0) is 13.9. The summed E-state index contributed by atoms with van der Waals surface area (Å²) < 4.78 is 39.6. The van der Waals surface area contributed by atoms with Crippen LogP contribution in [0, 0.1) is 17.1 Å². The quantitative estimate of drug-likeness (QED) is 0.869. The number of nitrogens with one attached hydrogen (secondary N) is 2. The molecule has 0 saturated carbocycles. The minimum atomic E-state index is -3.96. The van der Waals surface area contributed by atoms with Crippen LogP contribution in [0.2, 0.25) is 0 Å². The molecule has 0 amide bonds. The number of hydrogen-bond donors (Lipinski definition) is 2. The zero-order valence-electron chi connectivity index (χ0n) is 9.59. The van der Waals surface area contributed by atoms with Gasteiger partial charge in [-0.15, -0.1) is 0 Å². The Morgan fingerprint density at radius 2 is 2.26 bits per heavy atom. The molecule has 0 atom stereocenters. The van der Waals surface area contributed by atoms with Gasteiger partial charge in [-0.3, -0.25) is 0 Å². The van der Waals surface area contributed by atoms with Crippen LogP contribution in [0.4, 0.5) is 4.39 Å². The fourth-order valence-electron chi connectivity index (χ4n) is 1.47. The summed E-state index contributed by atoms with van der Waals surface area (Å²) in [6.45, 7) is -0.0241. The molecular weight excluding hydrogens is 271 g/mol. The van der Waals surface area contributed by atoms with E-state index in [0.717, 1.165) is 6.07 Å². The summed E-state index contributed by atoms with van der Waals surface area (Å²) in [5, 5.41) is 8.82. The Kier molecular flexibility index (Phi) is 3.59. The normalized spacial score (nSPS) is 11.2. The van der Waals surface area contributed by atoms with Crippen LogP contribution in [0.25, 0.3) is 0 Å². The third kappa shape index (κ3) is 2.78. The highest BCUT2D eigenvalue weighted by molar-refractivity contribution is 7.89. The summed E-state index contributed by atoms with van der Waals surface area (Å²) >= 11 is 0. The Labute approximate surface area is 109 Å². The number of halogens is 1. The first-order valence-electron chi connectivity index (χ1n) is 5.20. The zero-order valence-corrected chi connectivity index (χ0v) is 10.4. The molecule has 2 rings (SSSR count). The van der Waals surface area contributed by atoms with Crippen molar-refractivity contribution < 1.29 is 12.8 Å². The van der Waals surface area contributed by atoms with Gasteiger partial charge in [-0.25, -0.2) is 22.5 Å². The number of rotatable bonds is 4. The van der Waals surface area contributed by atoms with Crippen LogP contribution in [0.5, 0.6) is 0 Å². The number of nitriles is 1. The summed E-state index contributed by atoms with van der Waals surface area (Å²) in [6.07, 6.45) is 2.87. The molecule has 0 bridgehead atoms. The van der Waals surface area contributed by atoms with E-state index in [9.17, 15) is 12.8 Å². The van der Waals surface area contributed by atoms with Crippen molar-refractivity contribution in [1.82, 2.24) is 14.7 Å². The highest BCUT2D eigenvalue weighted by atomic mass is 32.2. The van der Waals surface area contributed by atoms with Gasteiger partial charge >= 0.3 is 0 Å². The van der Waals surface area contributed by atoms with E-state index >= 15 is 0 Å². The second-order valence-electron chi connectivity index (χ2n) is 3.63. The maximum Gasteiger partial charge on any atom is 0.242 e. The van der Waals surface area contributed by atoms with Gasteiger partial charge in [0.05, 0.1) is 12.9 Å². The van der Waals surface area contributed by atoms with Crippen molar-refractivity contribution in [3.8, 4) is 6.07 Å². The molecule has 0 aliphatic heterocycles. The molecule has 1 aromatic carbocycles. The monoisotopic (exact) mass is 280 g/mol. The lowest BCUT2D eigenvalue weighted by molar-refractivity contribution is 0.575. The van der Waals surface area contributed by atoms with Gasteiger partial charge in [-0.1, -0.05) is 6.07 Å². The van der Waals surface area contributed by atoms with E-state index in [4.69, 9.17) is 5.26 Å². The lowest BCUT2D eigenvalue weighted by Gasteiger charge is -2.07. The molecule has 6 nitrogen and oxygen atoms in total. The van der Waals surface area contributed by atoms with Gasteiger partial charge in [0.15, 0.2) is 0 Å². The SMILES string of the molecule is N#Cc1c(F)cccc1S(=O)(=O)NCc1cnc[nH]1. The minimum Gasteiger partial charge on any atom is -0.347 e. The average molecular weight is 280 g/mol. The van der Waals surface area contributed by atoms with Crippen LogP contribution in [0.1, 0.15) is 11.3 Å². The van der Waals surface area contributed by atoms with E-state index in [0.29, 0.717) is 5.69 Å². The number of aromatic amines is 1. The fourth-order valence-corrected chi connectivity index (χ4v) is 2.64. The van der Waals surface area contributed by atoms with E-state index in [1.807, 2.05) is 0 Å². The smallest absolute Gasteiger partial charge is 0.242 e. The molecule has 0 spiro atoms. The topological polar surface area (TPSA) is 98.6 Å². The molecule has 0 saturated heterocycles. The molecule has 8 heteroatoms. The summed E-state index contributed by atoms with van der Waals surface area (Å²) in [5.41, 5.74) is 0.0538. The maximum atomic E-state index is 13.4. The minimum absolute atomic E-state index is 0.0241. The van der Waals surface area contributed by atoms with Crippen molar-refractivity contribution in [2.75, 3.05) is 0 Å². The Hall–Kier alpha value is -2.24. The van der Waals surface area contributed by atoms with Gasteiger partial charge in [-0.2, -0.15) is 5.26 Å². The molecule has 2 N–H and O–H groups in total. The first kappa shape index (κ1) is 13.2. The molecule has 0 aliphatic carbocycles. The predicted octanol–water partition coefficient (Wildman–Crippen LogP) is 0.899. The van der Waals surface area contributed by atoms with Gasteiger partial charge in [0.25, 0.3) is 0 Å². The Bertz CT molecular complexity index is 720. The van der Waals surface area contributed by atoms with Gasteiger partial charge in [-0.05, 0) is 12.1 Å². The van der Waals surface area contributed by atoms with Crippen molar-refractivity contribution >= 4 is 10.0 Å². The molecule has 0 aliphatic rings. The number of hydrogen-bond acceptors (Lipinski definition) is 4. The second kappa shape index (κ2) is 5.17. The van der Waals surface area contributed by atoms with Crippen molar-refractivity contribution in [2.45, 2.75) is 11.4 Å². The van der Waals surface area contributed by atoms with Crippen molar-refractivity contribution in [3.05, 3.63) is 47.8 Å². The van der Waals surface area contributed by atoms with Gasteiger partial charge in [0.1, 0.15) is 22.3 Å². The summed E-state index contributed by atoms with van der Waals surface area (Å²) in [4.78, 5) is 6.08. The molecule has 0 radical (unpaired) electrons. The van der Waals surface area contributed by atoms with Crippen molar-refractivity contribution in [3.63, 3.8) is 0 Å². The number of nitrogens with zero attached hydrogens (tertiary/aromatic N) is 2. The van der Waals surface area contributed by atoms with Crippen molar-refractivity contribution in [1.29, 1.82) is 5.26 Å². The standard InChI is InChI=1S/C11H9FN4O2S/c12-10-2-1-3-11(9(10)4-13)19(17,18)16-6-8-5-14-7-15-8/h1-3,5,7,16H,6H2,(H,14,15). The highest BCUT2D eigenvalue weighted by Gasteiger charge is 2.20. The number of imidazole rings is 1. The van der Waals surface area contributed by atoms with Gasteiger partial charge in [0, 0.05) is 11.9 Å². The highest BCUT2D eigenvalue weighted by Crippen LogP contribution is 2.17. The summed E-state index contributed by atoms with van der Waals surface area (Å²) in [7, 11) is -3.96. The van der Waals surface area contributed by atoms with Crippen LogP contribution in [0.3, 0.4) is 0 Å². The van der Waals surface area contributed by atoms with Crippen LogP contribution in [-0.2, 0) is 16.6 Å². The number of sulfonamides is 1. The Morgan fingerprint density at radius 3 is 2.89 bits per heavy atom. The maximum absolute atomic E-state index is 13.4. The summed E-state index contributed by atoms with van der Waals surface area (Å²) in [6, 6.07) is 5.00. The molecule has 1 aromatic heterocycles. The first-order valence-corrected chi connectivity index (χ1v) is 6.68. The lowest BCUT2D eigenvalue weighted by Crippen LogP contribution is -2.24. The van der Waals surface area contributed by atoms with E-state index < -0.39 is 21.4 Å². The molecule has 0 unspecified atom stereocenters. The molecule has 19 heavy (non-hydrogen) atoms. The lowest BCUT2D eigenvalue weighted by atomic mass is 10.2.